The molecule has 4 rings (SSSR count). The van der Waals surface area contributed by atoms with Gasteiger partial charge in [-0.2, -0.15) is 4.98 Å². The summed E-state index contributed by atoms with van der Waals surface area (Å²) in [7, 11) is 0. The van der Waals surface area contributed by atoms with Gasteiger partial charge in [0.2, 0.25) is 5.91 Å². The Morgan fingerprint density at radius 2 is 1.87 bits per heavy atom. The number of amides is 1. The van der Waals surface area contributed by atoms with Gasteiger partial charge in [-0.3, -0.25) is 19.1 Å². The lowest BCUT2D eigenvalue weighted by Crippen LogP contribution is -2.38. The molecule has 1 amide bonds. The molecule has 2 aliphatic heterocycles. The van der Waals surface area contributed by atoms with Gasteiger partial charge in [-0.15, -0.1) is 0 Å². The number of hydrogen-bond donors (Lipinski definition) is 1. The highest BCUT2D eigenvalue weighted by Crippen LogP contribution is 2.14. The number of carbonyl (C=O) groups excluding carboxylic acids is 1. The summed E-state index contributed by atoms with van der Waals surface area (Å²) in [6, 6.07) is 14.2. The molecule has 0 radical (unpaired) electrons. The van der Waals surface area contributed by atoms with Gasteiger partial charge in [0.05, 0.1) is 12.1 Å². The Bertz CT molecular complexity index is 1280. The van der Waals surface area contributed by atoms with E-state index >= 15 is 0 Å². The Morgan fingerprint density at radius 1 is 1.07 bits per heavy atom. The van der Waals surface area contributed by atoms with E-state index in [0.717, 1.165) is 15.7 Å². The number of pyridine rings is 2. The number of aromatic nitrogens is 4. The van der Waals surface area contributed by atoms with Crippen LogP contribution >= 0.6 is 0 Å². The predicted molar refractivity (Wildman–Crippen MR) is 113 cm³/mol. The van der Waals surface area contributed by atoms with Crippen molar-refractivity contribution in [1.82, 2.24) is 19.1 Å². The summed E-state index contributed by atoms with van der Waals surface area (Å²) in [5.74, 6) is -0.112. The van der Waals surface area contributed by atoms with Crippen molar-refractivity contribution in [3.8, 4) is 11.4 Å². The van der Waals surface area contributed by atoms with E-state index in [1.165, 1.54) is 4.57 Å². The number of carbonyl (C=O) groups is 1. The molecule has 2 aromatic rings. The second-order valence-electron chi connectivity index (χ2n) is 6.93. The van der Waals surface area contributed by atoms with Crippen LogP contribution < -0.4 is 16.6 Å². The minimum Gasteiger partial charge on any atom is -0.325 e. The molecule has 0 bridgehead atoms. The molecule has 150 valence electrons. The van der Waals surface area contributed by atoms with Crippen LogP contribution in [0.15, 0.2) is 76.7 Å². The monoisotopic (exact) mass is 401 g/mol. The van der Waals surface area contributed by atoms with Gasteiger partial charge in [-0.05, 0) is 42.8 Å². The van der Waals surface area contributed by atoms with Crippen LogP contribution in [0.25, 0.3) is 11.4 Å². The molecule has 0 fully saturated rings. The quantitative estimate of drug-likeness (QED) is 0.551. The van der Waals surface area contributed by atoms with Gasteiger partial charge in [-0.25, -0.2) is 4.79 Å². The van der Waals surface area contributed by atoms with Crippen LogP contribution in [0.2, 0.25) is 0 Å². The fraction of sp³-hybridized carbons (Fsp3) is 0.136. The number of rotatable bonds is 5. The third-order valence-electron chi connectivity index (χ3n) is 4.66. The van der Waals surface area contributed by atoms with Gasteiger partial charge >= 0.3 is 5.69 Å². The Hall–Kier alpha value is -4.07. The third kappa shape index (κ3) is 4.02. The number of nitrogens with zero attached hydrogens (tertiary/aromatic N) is 4. The van der Waals surface area contributed by atoms with Crippen molar-refractivity contribution in [3.63, 3.8) is 0 Å². The lowest BCUT2D eigenvalue weighted by molar-refractivity contribution is -0.116. The van der Waals surface area contributed by atoms with E-state index in [2.05, 4.69) is 15.3 Å². The summed E-state index contributed by atoms with van der Waals surface area (Å²) in [6.07, 6.45) is 4.83. The molecule has 2 aliphatic rings. The van der Waals surface area contributed by atoms with E-state index in [0.29, 0.717) is 5.69 Å². The van der Waals surface area contributed by atoms with Crippen molar-refractivity contribution < 1.29 is 4.79 Å². The van der Waals surface area contributed by atoms with Gasteiger partial charge in [-0.1, -0.05) is 23.8 Å². The standard InChI is InChI=1S/C22H19N5O3/c1-15-6-8-17(9-7-15)24-19(28)14-26-11-3-5-18-20(26)25-22(30)27(21(18)29)13-16-4-2-10-23-12-16/h2-12H,13-14H2,1H3,(H,24,28). The smallest absolute Gasteiger partial charge is 0.325 e. The van der Waals surface area contributed by atoms with Crippen LogP contribution in [0.5, 0.6) is 0 Å². The summed E-state index contributed by atoms with van der Waals surface area (Å²) < 4.78 is 2.56. The zero-order valence-corrected chi connectivity index (χ0v) is 16.3. The van der Waals surface area contributed by atoms with Gasteiger partial charge < -0.3 is 9.88 Å². The average molecular weight is 401 g/mol. The van der Waals surface area contributed by atoms with Crippen molar-refractivity contribution in [2.75, 3.05) is 5.32 Å². The van der Waals surface area contributed by atoms with Crippen molar-refractivity contribution in [3.05, 3.63) is 99.1 Å². The molecular weight excluding hydrogens is 382 g/mol. The van der Waals surface area contributed by atoms with Gasteiger partial charge in [0, 0.05) is 24.3 Å². The average Bonchev–Trinajstić information content (AvgIpc) is 2.74. The molecule has 0 spiro atoms. The van der Waals surface area contributed by atoms with Crippen LogP contribution in [-0.4, -0.2) is 25.0 Å². The normalized spacial score (nSPS) is 10.8. The first-order valence-corrected chi connectivity index (χ1v) is 9.37. The molecule has 8 heteroatoms. The Kier molecular flexibility index (Phi) is 5.21. The molecule has 0 atom stereocenters. The Labute approximate surface area is 171 Å². The van der Waals surface area contributed by atoms with Crippen LogP contribution in [-0.2, 0) is 17.9 Å². The first kappa shape index (κ1) is 19.3. The number of nitrogens with one attached hydrogen (secondary N) is 1. The van der Waals surface area contributed by atoms with Crippen molar-refractivity contribution >= 4 is 11.6 Å². The van der Waals surface area contributed by atoms with Crippen molar-refractivity contribution in [1.29, 1.82) is 0 Å². The van der Waals surface area contributed by atoms with E-state index < -0.39 is 11.2 Å². The number of fused-ring (bicyclic) bond motifs is 1. The highest BCUT2D eigenvalue weighted by molar-refractivity contribution is 5.90. The van der Waals surface area contributed by atoms with E-state index in [-0.39, 0.29) is 30.4 Å². The maximum absolute atomic E-state index is 12.9. The zero-order valence-electron chi connectivity index (χ0n) is 16.3. The maximum Gasteiger partial charge on any atom is 0.352 e. The Balaban J connectivity index is 1.63. The minimum atomic E-state index is -0.671. The summed E-state index contributed by atoms with van der Waals surface area (Å²) in [6.45, 7) is 1.96. The molecule has 0 saturated heterocycles. The zero-order chi connectivity index (χ0) is 21.1. The van der Waals surface area contributed by atoms with E-state index in [9.17, 15) is 14.4 Å². The van der Waals surface area contributed by atoms with Crippen molar-refractivity contribution in [2.24, 2.45) is 0 Å². The van der Waals surface area contributed by atoms with Crippen LogP contribution in [0.4, 0.5) is 5.69 Å². The molecule has 3 heterocycles. The lowest BCUT2D eigenvalue weighted by atomic mass is 10.2. The van der Waals surface area contributed by atoms with Crippen LogP contribution in [0, 0.1) is 6.92 Å². The second kappa shape index (κ2) is 8.12. The van der Waals surface area contributed by atoms with Gasteiger partial charge in [0.15, 0.2) is 5.82 Å². The second-order valence-corrected chi connectivity index (χ2v) is 6.93. The minimum absolute atomic E-state index is 0.0796. The van der Waals surface area contributed by atoms with Crippen molar-refractivity contribution in [2.45, 2.75) is 20.0 Å². The van der Waals surface area contributed by atoms with Crippen LogP contribution in [0.1, 0.15) is 11.1 Å². The number of anilines is 1. The largest absolute Gasteiger partial charge is 0.352 e. The lowest BCUT2D eigenvalue weighted by Gasteiger charge is -2.15. The van der Waals surface area contributed by atoms with E-state index in [1.54, 1.807) is 42.9 Å². The summed E-state index contributed by atoms with van der Waals surface area (Å²) in [4.78, 5) is 46.0. The molecule has 0 unspecified atom stereocenters. The maximum atomic E-state index is 12.9. The molecule has 0 aliphatic carbocycles. The summed E-state index contributed by atoms with van der Waals surface area (Å²) in [5.41, 5.74) is 1.62. The van der Waals surface area contributed by atoms with E-state index in [1.807, 2.05) is 31.2 Å². The highest BCUT2D eigenvalue weighted by Gasteiger charge is 2.18. The topological polar surface area (TPSA) is 98.9 Å². The molecular formula is C22H19N5O3. The number of benzene rings is 1. The molecule has 1 N–H and O–H groups in total. The molecule has 8 nitrogen and oxygen atoms in total. The SMILES string of the molecule is Cc1ccc(NC(=O)Cn2cccc3c(=O)n(Cc4cccnc4)c(=O)nc2-3)cc1. The molecule has 0 saturated carbocycles. The highest BCUT2D eigenvalue weighted by atomic mass is 16.2. The summed E-state index contributed by atoms with van der Waals surface area (Å²) >= 11 is 0. The third-order valence-corrected chi connectivity index (χ3v) is 4.66. The van der Waals surface area contributed by atoms with E-state index in [4.69, 9.17) is 0 Å². The summed E-state index contributed by atoms with van der Waals surface area (Å²) in [5, 5.41) is 2.80. The first-order valence-electron chi connectivity index (χ1n) is 9.37. The van der Waals surface area contributed by atoms with Crippen LogP contribution in [0.3, 0.4) is 0 Å². The fourth-order valence-electron chi connectivity index (χ4n) is 3.15. The Morgan fingerprint density at radius 3 is 2.60 bits per heavy atom. The molecule has 1 aromatic heterocycles. The number of aryl methyl sites for hydroxylation is 1. The van der Waals surface area contributed by atoms with Gasteiger partial charge in [0.1, 0.15) is 6.54 Å². The first-order chi connectivity index (χ1) is 14.5. The number of hydrogen-bond acceptors (Lipinski definition) is 5. The predicted octanol–water partition coefficient (Wildman–Crippen LogP) is 1.90. The van der Waals surface area contributed by atoms with Gasteiger partial charge in [0.25, 0.3) is 5.56 Å². The fourth-order valence-corrected chi connectivity index (χ4v) is 3.15. The molecule has 30 heavy (non-hydrogen) atoms. The molecule has 1 aromatic carbocycles.